The lowest BCUT2D eigenvalue weighted by Crippen LogP contribution is -2.67. The number of fused-ring (bicyclic) bond motifs is 1. The van der Waals surface area contributed by atoms with E-state index in [-0.39, 0.29) is 31.8 Å². The van der Waals surface area contributed by atoms with Crippen LogP contribution in [0, 0.1) is 6.92 Å². The van der Waals surface area contributed by atoms with Gasteiger partial charge >= 0.3 is 11.7 Å². The Kier molecular flexibility index (Phi) is 8.64. The minimum atomic E-state index is -1.62. The van der Waals surface area contributed by atoms with Gasteiger partial charge in [-0.1, -0.05) is 84.9 Å². The highest BCUT2D eigenvalue weighted by Gasteiger charge is 2.71. The predicted octanol–water partition coefficient (Wildman–Crippen LogP) is 3.83. The molecule has 45 heavy (non-hydrogen) atoms. The number of benzene rings is 3. The number of esters is 1. The van der Waals surface area contributed by atoms with Crippen molar-refractivity contribution in [3.63, 3.8) is 0 Å². The number of nitrogens with one attached hydrogen (secondary N) is 1. The van der Waals surface area contributed by atoms with Crippen molar-refractivity contribution in [2.24, 2.45) is 0 Å². The molecule has 6 rings (SSSR count). The van der Waals surface area contributed by atoms with Crippen LogP contribution in [-0.2, 0) is 32.2 Å². The molecule has 1 aromatic heterocycles. The van der Waals surface area contributed by atoms with Crippen LogP contribution in [0.3, 0.4) is 0 Å². The molecule has 4 aromatic rings. The van der Waals surface area contributed by atoms with E-state index in [0.717, 1.165) is 15.7 Å². The molecule has 1 fully saturated rings. The fourth-order valence-corrected chi connectivity index (χ4v) is 6.05. The molecule has 3 aromatic carbocycles. The van der Waals surface area contributed by atoms with Gasteiger partial charge in [-0.15, -0.1) is 0 Å². The Balaban J connectivity index is 1.45. The van der Waals surface area contributed by atoms with Crippen LogP contribution in [-0.4, -0.2) is 50.6 Å². The zero-order valence-corrected chi connectivity index (χ0v) is 24.7. The first-order valence-corrected chi connectivity index (χ1v) is 14.7. The molecular weight excluding hydrogens is 576 g/mol. The fraction of sp³-hybridized carbons (Fsp3) is 0.286. The van der Waals surface area contributed by atoms with Gasteiger partial charge < -0.3 is 24.1 Å². The maximum Gasteiger partial charge on any atom is 0.338 e. The van der Waals surface area contributed by atoms with E-state index >= 15 is 0 Å². The summed E-state index contributed by atoms with van der Waals surface area (Å²) in [6.07, 6.45) is 1.11. The third-order valence-electron chi connectivity index (χ3n) is 8.42. The zero-order valence-electron chi connectivity index (χ0n) is 24.7. The Hall–Kier alpha value is -4.61. The number of aliphatic hydroxyl groups excluding tert-OH is 1. The van der Waals surface area contributed by atoms with E-state index in [1.54, 1.807) is 49.4 Å². The molecule has 0 unspecified atom stereocenters. The highest BCUT2D eigenvalue weighted by atomic mass is 16.6. The summed E-state index contributed by atoms with van der Waals surface area (Å²) in [5, 5.41) is 12.2. The van der Waals surface area contributed by atoms with Crippen LogP contribution in [0.1, 0.15) is 39.7 Å². The highest BCUT2D eigenvalue weighted by Crippen LogP contribution is 2.54. The molecule has 2 aliphatic rings. The minimum absolute atomic E-state index is 0.0845. The Morgan fingerprint density at radius 3 is 2.24 bits per heavy atom. The summed E-state index contributed by atoms with van der Waals surface area (Å²) in [5.74, 6) is -0.606. The van der Waals surface area contributed by atoms with Gasteiger partial charge in [-0.25, -0.2) is 9.59 Å². The van der Waals surface area contributed by atoms with Gasteiger partial charge in [0.1, 0.15) is 11.7 Å². The highest BCUT2D eigenvalue weighted by molar-refractivity contribution is 5.89. The van der Waals surface area contributed by atoms with Crippen molar-refractivity contribution < 1.29 is 28.8 Å². The second-order valence-corrected chi connectivity index (χ2v) is 11.3. The Morgan fingerprint density at radius 2 is 1.58 bits per heavy atom. The van der Waals surface area contributed by atoms with Crippen molar-refractivity contribution in [2.45, 2.75) is 56.2 Å². The summed E-state index contributed by atoms with van der Waals surface area (Å²) in [7, 11) is 0. The summed E-state index contributed by atoms with van der Waals surface area (Å²) < 4.78 is 26.9. The molecule has 10 heteroatoms. The van der Waals surface area contributed by atoms with Gasteiger partial charge in [0.05, 0.1) is 25.4 Å². The van der Waals surface area contributed by atoms with Gasteiger partial charge in [0.25, 0.3) is 5.56 Å². The molecule has 0 bridgehead atoms. The summed E-state index contributed by atoms with van der Waals surface area (Å²) in [6, 6.07) is 27.5. The van der Waals surface area contributed by atoms with E-state index in [2.05, 4.69) is 4.98 Å². The first kappa shape index (κ1) is 30.4. The van der Waals surface area contributed by atoms with E-state index in [1.807, 2.05) is 60.7 Å². The number of carbonyl (C=O) groups excluding carboxylic acids is 1. The van der Waals surface area contributed by atoms with E-state index in [1.165, 1.54) is 6.20 Å². The average Bonchev–Trinajstić information content (AvgIpc) is 3.32. The van der Waals surface area contributed by atoms with Gasteiger partial charge in [-0.3, -0.25) is 14.3 Å². The normalized spacial score (nSPS) is 25.5. The third kappa shape index (κ3) is 5.81. The number of aryl methyl sites for hydroxylation is 1. The van der Waals surface area contributed by atoms with Crippen LogP contribution in [0.2, 0.25) is 0 Å². The molecule has 0 radical (unpaired) electrons. The van der Waals surface area contributed by atoms with Crippen molar-refractivity contribution in [3.8, 4) is 0 Å². The number of hydrogen-bond acceptors (Lipinski definition) is 8. The molecule has 2 N–H and O–H groups in total. The first-order valence-electron chi connectivity index (χ1n) is 14.7. The summed E-state index contributed by atoms with van der Waals surface area (Å²) in [5.41, 5.74) is -2.17. The lowest BCUT2D eigenvalue weighted by atomic mass is 9.71. The van der Waals surface area contributed by atoms with Crippen LogP contribution in [0.4, 0.5) is 0 Å². The van der Waals surface area contributed by atoms with Crippen LogP contribution in [0.25, 0.3) is 0 Å². The Labute approximate surface area is 259 Å². The molecule has 232 valence electrons. The quantitative estimate of drug-likeness (QED) is 0.205. The number of hydrogen-bond donors (Lipinski definition) is 2. The lowest BCUT2D eigenvalue weighted by Gasteiger charge is -2.49. The summed E-state index contributed by atoms with van der Waals surface area (Å²) >= 11 is 0. The van der Waals surface area contributed by atoms with E-state index < -0.39 is 46.9 Å². The SMILES string of the molecule is Cc1cn([C@@H]2O[C@@]3(COCc4ccccc4)[C@@H](OC(=O)c4ccccc4)C=CC[C@]3(OCc3ccccc3)[C@H]2O)c(=O)[nH]c1=O. The van der Waals surface area contributed by atoms with Crippen molar-refractivity contribution in [2.75, 3.05) is 6.61 Å². The largest absolute Gasteiger partial charge is 0.451 e. The maximum atomic E-state index is 13.4. The summed E-state index contributed by atoms with van der Waals surface area (Å²) in [4.78, 5) is 41.1. The number of aromatic nitrogens is 2. The second kappa shape index (κ2) is 12.8. The minimum Gasteiger partial charge on any atom is -0.451 e. The van der Waals surface area contributed by atoms with Gasteiger partial charge in [-0.05, 0) is 36.3 Å². The molecule has 1 aliphatic heterocycles. The average molecular weight is 611 g/mol. The fourth-order valence-electron chi connectivity index (χ4n) is 6.05. The van der Waals surface area contributed by atoms with Gasteiger partial charge in [0.15, 0.2) is 17.9 Å². The molecule has 5 atom stereocenters. The summed E-state index contributed by atoms with van der Waals surface area (Å²) in [6.45, 7) is 1.66. The van der Waals surface area contributed by atoms with E-state index in [0.29, 0.717) is 5.56 Å². The first-order chi connectivity index (χ1) is 21.8. The van der Waals surface area contributed by atoms with Crippen LogP contribution in [0.5, 0.6) is 0 Å². The monoisotopic (exact) mass is 610 g/mol. The molecule has 0 saturated carbocycles. The number of aliphatic hydroxyl groups is 1. The van der Waals surface area contributed by atoms with Crippen molar-refractivity contribution >= 4 is 5.97 Å². The number of H-pyrrole nitrogens is 1. The Bertz CT molecular complexity index is 1770. The molecule has 0 amide bonds. The number of nitrogens with zero attached hydrogens (tertiary/aromatic N) is 1. The smallest absolute Gasteiger partial charge is 0.338 e. The van der Waals surface area contributed by atoms with Gasteiger partial charge in [0, 0.05) is 18.2 Å². The van der Waals surface area contributed by atoms with Crippen LogP contribution < -0.4 is 11.2 Å². The maximum absolute atomic E-state index is 13.4. The van der Waals surface area contributed by atoms with Crippen molar-refractivity contribution in [1.29, 1.82) is 0 Å². The van der Waals surface area contributed by atoms with E-state index in [9.17, 15) is 19.5 Å². The standard InChI is InChI=1S/C35H34N2O8/c1-24-20-37(33(41)36-30(24)39)31-29(38)34(43-22-26-14-7-3-8-15-26)19-11-18-28(44-32(40)27-16-9-4-10-17-27)35(34,45-31)23-42-21-25-12-5-2-6-13-25/h2-18,20,28-29,31,38H,19,21-23H2,1H3,(H,36,39,41)/t28-,29-,31+,34-,35-/m0/s1. The predicted molar refractivity (Wildman–Crippen MR) is 164 cm³/mol. The molecule has 2 heterocycles. The second-order valence-electron chi connectivity index (χ2n) is 11.3. The van der Waals surface area contributed by atoms with Crippen LogP contribution in [0.15, 0.2) is 119 Å². The Morgan fingerprint density at radius 1 is 0.956 bits per heavy atom. The number of aromatic amines is 1. The number of rotatable bonds is 10. The van der Waals surface area contributed by atoms with Crippen molar-refractivity contribution in [1.82, 2.24) is 9.55 Å². The van der Waals surface area contributed by atoms with Gasteiger partial charge in [0.2, 0.25) is 0 Å². The van der Waals surface area contributed by atoms with Gasteiger partial charge in [-0.2, -0.15) is 0 Å². The lowest BCUT2D eigenvalue weighted by molar-refractivity contribution is -0.239. The third-order valence-corrected chi connectivity index (χ3v) is 8.42. The number of ether oxygens (including phenoxy) is 4. The molecule has 1 saturated heterocycles. The molecule has 1 aliphatic carbocycles. The van der Waals surface area contributed by atoms with Crippen LogP contribution >= 0.6 is 0 Å². The molecule has 10 nitrogen and oxygen atoms in total. The van der Waals surface area contributed by atoms with E-state index in [4.69, 9.17) is 18.9 Å². The van der Waals surface area contributed by atoms with Crippen molar-refractivity contribution in [3.05, 3.63) is 152 Å². The number of carbonyl (C=O) groups is 1. The molecular formula is C35H34N2O8. The zero-order chi connectivity index (χ0) is 31.4. The topological polar surface area (TPSA) is 129 Å². The molecule has 0 spiro atoms.